The van der Waals surface area contributed by atoms with E-state index in [1.165, 1.54) is 6.07 Å². The Morgan fingerprint density at radius 1 is 1.60 bits per heavy atom. The molecule has 2 rings (SSSR count). The molecule has 0 unspecified atom stereocenters. The van der Waals surface area contributed by atoms with Crippen LogP contribution in [-0.4, -0.2) is 34.9 Å². The zero-order chi connectivity index (χ0) is 14.7. The predicted octanol–water partition coefficient (Wildman–Crippen LogP) is 1.40. The van der Waals surface area contributed by atoms with Crippen molar-refractivity contribution in [2.45, 2.75) is 32.7 Å². The van der Waals surface area contributed by atoms with Gasteiger partial charge in [0, 0.05) is 25.4 Å². The van der Waals surface area contributed by atoms with E-state index in [4.69, 9.17) is 0 Å². The van der Waals surface area contributed by atoms with Gasteiger partial charge in [0.1, 0.15) is 6.04 Å². The second kappa shape index (κ2) is 5.85. The van der Waals surface area contributed by atoms with E-state index in [2.05, 4.69) is 10.3 Å². The fraction of sp³-hybridized carbons (Fsp3) is 0.538. The van der Waals surface area contributed by atoms with E-state index in [-0.39, 0.29) is 23.5 Å². The van der Waals surface area contributed by atoms with Gasteiger partial charge in [0.2, 0.25) is 11.7 Å². The third kappa shape index (κ3) is 2.71. The number of hydrogen-bond acceptors (Lipinski definition) is 5. The first-order chi connectivity index (χ1) is 9.54. The van der Waals surface area contributed by atoms with E-state index in [1.54, 1.807) is 18.0 Å². The Morgan fingerprint density at radius 2 is 2.35 bits per heavy atom. The van der Waals surface area contributed by atoms with E-state index in [0.717, 1.165) is 12.0 Å². The monoisotopic (exact) mass is 278 g/mol. The Morgan fingerprint density at radius 3 is 3.00 bits per heavy atom. The van der Waals surface area contributed by atoms with Crippen LogP contribution in [0.5, 0.6) is 0 Å². The molecule has 20 heavy (non-hydrogen) atoms. The molecule has 0 aromatic carbocycles. The molecule has 1 aromatic heterocycles. The highest BCUT2D eigenvalue weighted by Gasteiger charge is 2.33. The maximum atomic E-state index is 12.0. The van der Waals surface area contributed by atoms with Gasteiger partial charge in [-0.2, -0.15) is 0 Å². The number of nitrogens with one attached hydrogen (secondary N) is 1. The molecule has 2 heterocycles. The number of piperazine rings is 1. The zero-order valence-corrected chi connectivity index (χ0v) is 11.6. The van der Waals surface area contributed by atoms with Crippen LogP contribution in [0.15, 0.2) is 12.3 Å². The first-order valence-corrected chi connectivity index (χ1v) is 6.70. The molecule has 1 aromatic rings. The number of amides is 1. The maximum Gasteiger partial charge on any atom is 0.311 e. The normalized spacial score (nSPS) is 18.8. The number of carbonyl (C=O) groups excluding carboxylic acids is 1. The van der Waals surface area contributed by atoms with Gasteiger partial charge < -0.3 is 10.2 Å². The molecule has 0 saturated carbocycles. The first-order valence-electron chi connectivity index (χ1n) is 6.70. The molecular weight excluding hydrogens is 260 g/mol. The molecule has 1 aliphatic rings. The molecule has 1 N–H and O–H groups in total. The summed E-state index contributed by atoms with van der Waals surface area (Å²) in [5.41, 5.74) is 0.690. The molecule has 7 heteroatoms. The van der Waals surface area contributed by atoms with Crippen molar-refractivity contribution in [3.05, 3.63) is 27.9 Å². The minimum atomic E-state index is -0.440. The van der Waals surface area contributed by atoms with Crippen LogP contribution in [-0.2, 0) is 4.79 Å². The summed E-state index contributed by atoms with van der Waals surface area (Å²) in [4.78, 5) is 28.7. The van der Waals surface area contributed by atoms with Gasteiger partial charge in [-0.1, -0.05) is 13.3 Å². The second-order valence-electron chi connectivity index (χ2n) is 4.90. The van der Waals surface area contributed by atoms with Gasteiger partial charge in [0.05, 0.1) is 4.92 Å². The van der Waals surface area contributed by atoms with Crippen molar-refractivity contribution in [2.75, 3.05) is 18.0 Å². The Labute approximate surface area is 117 Å². The summed E-state index contributed by atoms with van der Waals surface area (Å²) in [6, 6.07) is 1.11. The molecule has 1 aliphatic heterocycles. The van der Waals surface area contributed by atoms with Crippen molar-refractivity contribution in [2.24, 2.45) is 0 Å². The van der Waals surface area contributed by atoms with Crippen molar-refractivity contribution in [3.8, 4) is 0 Å². The molecule has 0 spiro atoms. The van der Waals surface area contributed by atoms with Crippen LogP contribution in [0.25, 0.3) is 0 Å². The smallest absolute Gasteiger partial charge is 0.311 e. The predicted molar refractivity (Wildman–Crippen MR) is 74.7 cm³/mol. The summed E-state index contributed by atoms with van der Waals surface area (Å²) in [7, 11) is 0. The number of aromatic nitrogens is 1. The summed E-state index contributed by atoms with van der Waals surface area (Å²) < 4.78 is 0. The molecule has 0 radical (unpaired) electrons. The van der Waals surface area contributed by atoms with Crippen LogP contribution in [0.2, 0.25) is 0 Å². The minimum absolute atomic E-state index is 0.0409. The molecule has 1 amide bonds. The van der Waals surface area contributed by atoms with Crippen molar-refractivity contribution < 1.29 is 9.72 Å². The van der Waals surface area contributed by atoms with Gasteiger partial charge >= 0.3 is 5.69 Å². The first kappa shape index (κ1) is 14.2. The Balaban J connectivity index is 2.42. The largest absolute Gasteiger partial charge is 0.353 e. The van der Waals surface area contributed by atoms with Crippen molar-refractivity contribution in [1.29, 1.82) is 0 Å². The lowest BCUT2D eigenvalue weighted by atomic mass is 10.1. The highest BCUT2D eigenvalue weighted by molar-refractivity contribution is 5.87. The van der Waals surface area contributed by atoms with E-state index in [0.29, 0.717) is 19.5 Å². The van der Waals surface area contributed by atoms with E-state index in [9.17, 15) is 14.9 Å². The van der Waals surface area contributed by atoms with Gasteiger partial charge in [-0.25, -0.2) is 4.98 Å². The lowest BCUT2D eigenvalue weighted by Crippen LogP contribution is -2.55. The van der Waals surface area contributed by atoms with Gasteiger partial charge in [-0.15, -0.1) is 0 Å². The van der Waals surface area contributed by atoms with E-state index >= 15 is 0 Å². The Bertz CT molecular complexity index is 532. The Kier molecular flexibility index (Phi) is 4.16. The molecule has 7 nitrogen and oxygen atoms in total. The summed E-state index contributed by atoms with van der Waals surface area (Å²) in [5, 5.41) is 14.0. The lowest BCUT2D eigenvalue weighted by molar-refractivity contribution is -0.384. The lowest BCUT2D eigenvalue weighted by Gasteiger charge is -2.35. The highest BCUT2D eigenvalue weighted by Crippen LogP contribution is 2.29. The van der Waals surface area contributed by atoms with Gasteiger partial charge in [-0.3, -0.25) is 14.9 Å². The van der Waals surface area contributed by atoms with Gasteiger partial charge in [0.25, 0.3) is 0 Å². The minimum Gasteiger partial charge on any atom is -0.353 e. The maximum absolute atomic E-state index is 12.0. The van der Waals surface area contributed by atoms with Crippen LogP contribution in [0, 0.1) is 17.0 Å². The van der Waals surface area contributed by atoms with Crippen molar-refractivity contribution in [3.63, 3.8) is 0 Å². The van der Waals surface area contributed by atoms with E-state index in [1.807, 2.05) is 6.92 Å². The van der Waals surface area contributed by atoms with E-state index < -0.39 is 4.92 Å². The average Bonchev–Trinajstić information content (AvgIpc) is 2.41. The fourth-order valence-corrected chi connectivity index (χ4v) is 2.43. The molecule has 0 aliphatic carbocycles. The third-order valence-corrected chi connectivity index (χ3v) is 3.35. The zero-order valence-electron chi connectivity index (χ0n) is 11.6. The van der Waals surface area contributed by atoms with Gasteiger partial charge in [0.15, 0.2) is 0 Å². The summed E-state index contributed by atoms with van der Waals surface area (Å²) in [5.74, 6) is 0.198. The number of aryl methyl sites for hydroxylation is 1. The van der Waals surface area contributed by atoms with Crippen LogP contribution >= 0.6 is 0 Å². The topological polar surface area (TPSA) is 88.4 Å². The summed E-state index contributed by atoms with van der Waals surface area (Å²) in [6.07, 6.45) is 3.07. The fourth-order valence-electron chi connectivity index (χ4n) is 2.43. The number of nitro groups is 1. The molecular formula is C13H18N4O3. The second-order valence-corrected chi connectivity index (χ2v) is 4.90. The molecule has 1 saturated heterocycles. The summed E-state index contributed by atoms with van der Waals surface area (Å²) >= 11 is 0. The van der Waals surface area contributed by atoms with Crippen molar-refractivity contribution in [1.82, 2.24) is 10.3 Å². The third-order valence-electron chi connectivity index (χ3n) is 3.35. The quantitative estimate of drug-likeness (QED) is 0.664. The molecule has 1 atom stereocenters. The standard InChI is InChI=1S/C13H18N4O3/c1-3-4-10-13(18)14-5-6-16(10)12-11(17(19)20)7-9(2)8-15-12/h7-8,10H,3-6H2,1-2H3,(H,14,18)/t10-/m1/s1. The number of nitrogens with zero attached hydrogens (tertiary/aromatic N) is 3. The number of rotatable bonds is 4. The number of hydrogen-bond donors (Lipinski definition) is 1. The van der Waals surface area contributed by atoms with Gasteiger partial charge in [-0.05, 0) is 18.9 Å². The number of pyridine rings is 1. The SMILES string of the molecule is CCC[C@@H]1C(=O)NCCN1c1ncc(C)cc1[N+](=O)[O-]. The number of anilines is 1. The van der Waals surface area contributed by atoms with Crippen LogP contribution < -0.4 is 10.2 Å². The van der Waals surface area contributed by atoms with Crippen LogP contribution in [0.1, 0.15) is 25.3 Å². The summed E-state index contributed by atoms with van der Waals surface area (Å²) in [6.45, 7) is 4.76. The molecule has 108 valence electrons. The van der Waals surface area contributed by atoms with Crippen LogP contribution in [0.4, 0.5) is 11.5 Å². The average molecular weight is 278 g/mol. The van der Waals surface area contributed by atoms with Crippen molar-refractivity contribution >= 4 is 17.4 Å². The number of carbonyl (C=O) groups is 1. The van der Waals surface area contributed by atoms with Crippen LogP contribution in [0.3, 0.4) is 0 Å². The molecule has 0 bridgehead atoms. The Hall–Kier alpha value is -2.18. The molecule has 1 fully saturated rings. The highest BCUT2D eigenvalue weighted by atomic mass is 16.6.